The molecule has 2 aromatic heterocycles. The summed E-state index contributed by atoms with van der Waals surface area (Å²) in [5, 5.41) is 0.701. The fraction of sp³-hybridized carbons (Fsp3) is 0.125. The molecule has 4 rings (SSSR count). The van der Waals surface area contributed by atoms with Crippen molar-refractivity contribution in [2.45, 2.75) is 13.3 Å². The van der Waals surface area contributed by atoms with Gasteiger partial charge in [0.15, 0.2) is 0 Å². The smallest absolute Gasteiger partial charge is 0.234 e. The van der Waals surface area contributed by atoms with Gasteiger partial charge in [-0.05, 0) is 98.4 Å². The van der Waals surface area contributed by atoms with Gasteiger partial charge in [-0.15, -0.1) is 0 Å². The zero-order chi connectivity index (χ0) is 21.1. The normalized spacial score (nSPS) is 15.6. The lowest BCUT2D eigenvalue weighted by Crippen LogP contribution is -2.05. The lowest BCUT2D eigenvalue weighted by Gasteiger charge is -2.11. The maximum Gasteiger partial charge on any atom is 0.234 e. The number of nitrogens with two attached hydrogens (primary N) is 1. The van der Waals surface area contributed by atoms with Crippen molar-refractivity contribution >= 4 is 36.9 Å². The highest BCUT2D eigenvalue weighted by Gasteiger charge is 2.17. The first kappa shape index (κ1) is 20.3. The minimum atomic E-state index is 0.526. The van der Waals surface area contributed by atoms with Crippen molar-refractivity contribution in [3.05, 3.63) is 94.6 Å². The SMILES string of the molecule is [B]n1cccc1/C(CCN)=C1N=C(/C=C/c2ccc(-c3ccc(Cl)cc3)o2)C=C\1C. The van der Waals surface area contributed by atoms with Gasteiger partial charge < -0.3 is 14.6 Å². The van der Waals surface area contributed by atoms with Crippen LogP contribution in [-0.4, -0.2) is 24.7 Å². The van der Waals surface area contributed by atoms with E-state index in [0.717, 1.165) is 45.3 Å². The molecule has 0 atom stereocenters. The van der Waals surface area contributed by atoms with Gasteiger partial charge in [-0.1, -0.05) is 11.6 Å². The first-order valence-corrected chi connectivity index (χ1v) is 10.1. The molecule has 0 aliphatic carbocycles. The van der Waals surface area contributed by atoms with Crippen LogP contribution in [-0.2, 0) is 0 Å². The van der Waals surface area contributed by atoms with E-state index in [1.165, 1.54) is 0 Å². The Morgan fingerprint density at radius 1 is 1.17 bits per heavy atom. The molecule has 0 fully saturated rings. The Bertz CT molecular complexity index is 1180. The lowest BCUT2D eigenvalue weighted by atomic mass is 10.0. The Morgan fingerprint density at radius 2 is 1.97 bits per heavy atom. The molecule has 1 aliphatic heterocycles. The summed E-state index contributed by atoms with van der Waals surface area (Å²) in [4.78, 5) is 4.81. The molecule has 148 valence electrons. The third-order valence-corrected chi connectivity index (χ3v) is 5.17. The molecular formula is C24H21BClN3O. The number of allylic oxidation sites excluding steroid dienone is 3. The van der Waals surface area contributed by atoms with E-state index in [0.29, 0.717) is 18.0 Å². The van der Waals surface area contributed by atoms with Crippen LogP contribution in [0.1, 0.15) is 24.8 Å². The zero-order valence-corrected chi connectivity index (χ0v) is 17.4. The van der Waals surface area contributed by atoms with Gasteiger partial charge in [-0.25, -0.2) is 4.99 Å². The Labute approximate surface area is 182 Å². The van der Waals surface area contributed by atoms with E-state index >= 15 is 0 Å². The number of furan rings is 1. The second-order valence-corrected chi connectivity index (χ2v) is 7.51. The highest BCUT2D eigenvalue weighted by Crippen LogP contribution is 2.31. The Morgan fingerprint density at radius 3 is 2.67 bits per heavy atom. The van der Waals surface area contributed by atoms with Gasteiger partial charge in [0.1, 0.15) is 11.5 Å². The minimum Gasteiger partial charge on any atom is -0.457 e. The molecule has 0 bridgehead atoms. The quantitative estimate of drug-likeness (QED) is 0.542. The average molecular weight is 414 g/mol. The van der Waals surface area contributed by atoms with Crippen molar-refractivity contribution in [2.24, 2.45) is 10.7 Å². The largest absolute Gasteiger partial charge is 0.457 e. The van der Waals surface area contributed by atoms with Crippen LogP contribution < -0.4 is 5.73 Å². The van der Waals surface area contributed by atoms with Crippen LogP contribution in [0.5, 0.6) is 0 Å². The van der Waals surface area contributed by atoms with E-state index in [1.54, 1.807) is 4.48 Å². The third-order valence-electron chi connectivity index (χ3n) is 4.92. The van der Waals surface area contributed by atoms with Gasteiger partial charge in [0.25, 0.3) is 0 Å². The monoisotopic (exact) mass is 413 g/mol. The predicted octanol–water partition coefficient (Wildman–Crippen LogP) is 5.51. The number of halogens is 1. The summed E-state index contributed by atoms with van der Waals surface area (Å²) in [6.45, 7) is 2.57. The molecule has 0 unspecified atom stereocenters. The van der Waals surface area contributed by atoms with Crippen LogP contribution in [0.25, 0.3) is 23.0 Å². The number of aliphatic imine (C=N–C) groups is 1. The average Bonchev–Trinajstić information content (AvgIpc) is 3.46. The van der Waals surface area contributed by atoms with Crippen LogP contribution in [0.2, 0.25) is 5.02 Å². The molecule has 4 nitrogen and oxygen atoms in total. The summed E-state index contributed by atoms with van der Waals surface area (Å²) in [6.07, 6.45) is 8.43. The Kier molecular flexibility index (Phi) is 5.93. The molecule has 0 amide bonds. The second kappa shape index (κ2) is 8.78. The molecule has 0 spiro atoms. The summed E-state index contributed by atoms with van der Waals surface area (Å²) in [5.74, 6) is 1.55. The highest BCUT2D eigenvalue weighted by atomic mass is 35.5. The number of aromatic nitrogens is 1. The van der Waals surface area contributed by atoms with E-state index in [9.17, 15) is 0 Å². The van der Waals surface area contributed by atoms with Crippen LogP contribution in [0, 0.1) is 0 Å². The molecule has 3 heterocycles. The molecule has 2 N–H and O–H groups in total. The molecule has 30 heavy (non-hydrogen) atoms. The van der Waals surface area contributed by atoms with Crippen LogP contribution in [0.3, 0.4) is 0 Å². The van der Waals surface area contributed by atoms with E-state index < -0.39 is 0 Å². The maximum absolute atomic E-state index is 6.05. The number of rotatable bonds is 6. The zero-order valence-electron chi connectivity index (χ0n) is 16.7. The minimum absolute atomic E-state index is 0.526. The molecule has 6 heteroatoms. The van der Waals surface area contributed by atoms with E-state index in [-0.39, 0.29) is 0 Å². The Hall–Kier alpha value is -3.02. The first-order valence-electron chi connectivity index (χ1n) is 9.72. The molecule has 3 aromatic rings. The van der Waals surface area contributed by atoms with Crippen molar-refractivity contribution in [3.8, 4) is 11.3 Å². The van der Waals surface area contributed by atoms with Crippen LogP contribution in [0.4, 0.5) is 0 Å². The fourth-order valence-corrected chi connectivity index (χ4v) is 3.60. The summed E-state index contributed by atoms with van der Waals surface area (Å²) >= 11 is 5.95. The molecule has 0 saturated carbocycles. The van der Waals surface area contributed by atoms with Gasteiger partial charge in [0.2, 0.25) is 7.98 Å². The third kappa shape index (κ3) is 4.27. The lowest BCUT2D eigenvalue weighted by molar-refractivity contribution is 0.572. The fourth-order valence-electron chi connectivity index (χ4n) is 3.47. The standard InChI is InChI=1S/C24H21BClN3O/c1-16-15-19(28-24(16)21(12-13-27)22-3-2-14-29(22)25)8-9-20-10-11-23(30-20)17-4-6-18(26)7-5-17/h2-11,14-15H,12-13,27H2,1H3/b9-8+,24-21-. The maximum atomic E-state index is 6.05. The molecule has 0 saturated heterocycles. The summed E-state index contributed by atoms with van der Waals surface area (Å²) in [5.41, 5.74) is 11.7. The molecule has 1 aromatic carbocycles. The van der Waals surface area contributed by atoms with Gasteiger partial charge >= 0.3 is 0 Å². The predicted molar refractivity (Wildman–Crippen MR) is 126 cm³/mol. The first-order chi connectivity index (χ1) is 14.5. The number of benzene rings is 1. The van der Waals surface area contributed by atoms with Gasteiger partial charge in [-0.2, -0.15) is 0 Å². The van der Waals surface area contributed by atoms with Crippen molar-refractivity contribution in [1.82, 2.24) is 4.48 Å². The van der Waals surface area contributed by atoms with Gasteiger partial charge in [0, 0.05) is 21.9 Å². The summed E-state index contributed by atoms with van der Waals surface area (Å²) in [6, 6.07) is 15.3. The van der Waals surface area contributed by atoms with Crippen LogP contribution in [0.15, 0.2) is 87.6 Å². The summed E-state index contributed by atoms with van der Waals surface area (Å²) in [7, 11) is 6.05. The van der Waals surface area contributed by atoms with E-state index in [2.05, 4.69) is 6.08 Å². The van der Waals surface area contributed by atoms with Crippen molar-refractivity contribution in [3.63, 3.8) is 0 Å². The second-order valence-electron chi connectivity index (χ2n) is 7.07. The molecule has 1 aliphatic rings. The highest BCUT2D eigenvalue weighted by molar-refractivity contribution is 6.30. The van der Waals surface area contributed by atoms with Gasteiger partial charge in [-0.3, -0.25) is 0 Å². The number of hydrogen-bond donors (Lipinski definition) is 1. The van der Waals surface area contributed by atoms with E-state index in [1.807, 2.05) is 73.8 Å². The number of nitrogens with zero attached hydrogens (tertiary/aromatic N) is 2. The molecule has 2 radical (unpaired) electrons. The van der Waals surface area contributed by atoms with E-state index in [4.69, 9.17) is 34.7 Å². The van der Waals surface area contributed by atoms with Crippen molar-refractivity contribution in [1.29, 1.82) is 0 Å². The van der Waals surface area contributed by atoms with Crippen molar-refractivity contribution in [2.75, 3.05) is 6.54 Å². The van der Waals surface area contributed by atoms with Crippen molar-refractivity contribution < 1.29 is 4.42 Å². The topological polar surface area (TPSA) is 56.5 Å². The molecular weight excluding hydrogens is 393 g/mol. The summed E-state index contributed by atoms with van der Waals surface area (Å²) < 4.78 is 7.54. The van der Waals surface area contributed by atoms with Gasteiger partial charge in [0.05, 0.1) is 11.4 Å². The number of hydrogen-bond acceptors (Lipinski definition) is 3. The van der Waals surface area contributed by atoms with Crippen LogP contribution >= 0.6 is 11.6 Å². The Balaban J connectivity index is 1.59.